The van der Waals surface area contributed by atoms with Gasteiger partial charge in [-0.2, -0.15) is 0 Å². The van der Waals surface area contributed by atoms with Gasteiger partial charge in [0.1, 0.15) is 0 Å². The Morgan fingerprint density at radius 2 is 1.58 bits per heavy atom. The summed E-state index contributed by atoms with van der Waals surface area (Å²) in [6, 6.07) is 14.7. The Kier molecular flexibility index (Phi) is 6.24. The lowest BCUT2D eigenvalue weighted by atomic mass is 9.74. The molecule has 0 aromatic heterocycles. The Balaban J connectivity index is 2.10. The van der Waals surface area contributed by atoms with E-state index >= 15 is 0 Å². The highest BCUT2D eigenvalue weighted by molar-refractivity contribution is 6.12. The molecule has 0 aliphatic heterocycles. The number of Topliss-reactive ketones (excluding diaryl/α,β-unsaturated/α-hetero) is 1. The minimum absolute atomic E-state index is 0.0128. The SMILES string of the molecule is COC[C@H]1C(=O)c2cccc3cccc(c23)[C@@H](c2cc(OC)c(OC)c(OC)c2)[C@@H]1C(=O)O. The van der Waals surface area contributed by atoms with Crippen molar-refractivity contribution in [1.29, 1.82) is 0 Å². The molecule has 3 atom stereocenters. The van der Waals surface area contributed by atoms with Crippen LogP contribution in [0, 0.1) is 11.8 Å². The Labute approximate surface area is 191 Å². The van der Waals surface area contributed by atoms with Gasteiger partial charge >= 0.3 is 5.97 Å². The van der Waals surface area contributed by atoms with Gasteiger partial charge in [0.25, 0.3) is 0 Å². The molecule has 1 N–H and O–H groups in total. The van der Waals surface area contributed by atoms with Gasteiger partial charge in [-0.05, 0) is 34.0 Å². The van der Waals surface area contributed by atoms with Crippen LogP contribution in [-0.4, -0.2) is 51.9 Å². The summed E-state index contributed by atoms with van der Waals surface area (Å²) in [5.74, 6) is -2.69. The lowest BCUT2D eigenvalue weighted by Crippen LogP contribution is -2.36. The van der Waals surface area contributed by atoms with Crippen LogP contribution in [0.25, 0.3) is 10.8 Å². The molecule has 0 saturated carbocycles. The van der Waals surface area contributed by atoms with Crippen molar-refractivity contribution >= 4 is 22.5 Å². The van der Waals surface area contributed by atoms with E-state index < -0.39 is 23.7 Å². The smallest absolute Gasteiger partial charge is 0.308 e. The van der Waals surface area contributed by atoms with Gasteiger partial charge in [0.2, 0.25) is 5.75 Å². The number of carboxylic acid groups (broad SMARTS) is 1. The van der Waals surface area contributed by atoms with Gasteiger partial charge in [-0.15, -0.1) is 0 Å². The maximum atomic E-state index is 13.6. The number of aliphatic carboxylic acids is 1. The van der Waals surface area contributed by atoms with Gasteiger partial charge in [0.15, 0.2) is 17.3 Å². The number of methoxy groups -OCH3 is 4. The fourth-order valence-electron chi connectivity index (χ4n) is 4.96. The normalized spacial score (nSPS) is 19.8. The van der Waals surface area contributed by atoms with E-state index in [4.69, 9.17) is 18.9 Å². The molecule has 0 fully saturated rings. The standard InChI is InChI=1S/C26H26O7/c1-30-13-18-23(26(28)29)22(15-11-19(31-2)25(33-4)20(12-15)32-3)16-9-5-7-14-8-6-10-17(21(14)16)24(18)27/h5-12,18,22-23H,13H2,1-4H3,(H,28,29)/t18-,22-,23-/m1/s1. The molecule has 0 amide bonds. The fraction of sp³-hybridized carbons (Fsp3) is 0.308. The van der Waals surface area contributed by atoms with E-state index in [0.29, 0.717) is 28.4 Å². The number of carboxylic acids is 1. The molecule has 0 saturated heterocycles. The lowest BCUT2D eigenvalue weighted by molar-refractivity contribution is -0.144. The second-order valence-electron chi connectivity index (χ2n) is 7.98. The first-order valence-corrected chi connectivity index (χ1v) is 10.5. The molecule has 3 aromatic rings. The molecule has 1 aliphatic carbocycles. The number of carbonyl (C=O) groups is 2. The number of benzene rings is 3. The van der Waals surface area contributed by atoms with Gasteiger partial charge in [-0.1, -0.05) is 36.4 Å². The highest BCUT2D eigenvalue weighted by Gasteiger charge is 2.45. The maximum absolute atomic E-state index is 13.6. The minimum Gasteiger partial charge on any atom is -0.493 e. The second-order valence-corrected chi connectivity index (χ2v) is 7.98. The van der Waals surface area contributed by atoms with Crippen LogP contribution < -0.4 is 14.2 Å². The summed E-state index contributed by atoms with van der Waals surface area (Å²) < 4.78 is 21.9. The predicted molar refractivity (Wildman–Crippen MR) is 123 cm³/mol. The Bertz CT molecular complexity index is 1190. The Morgan fingerprint density at radius 1 is 0.939 bits per heavy atom. The molecular formula is C26H26O7. The van der Waals surface area contributed by atoms with Crippen LogP contribution >= 0.6 is 0 Å². The van der Waals surface area contributed by atoms with Gasteiger partial charge in [0.05, 0.1) is 39.8 Å². The molecule has 0 radical (unpaired) electrons. The van der Waals surface area contributed by atoms with Gasteiger partial charge in [-0.25, -0.2) is 0 Å². The summed E-state index contributed by atoms with van der Waals surface area (Å²) in [5.41, 5.74) is 1.91. The van der Waals surface area contributed by atoms with Crippen molar-refractivity contribution in [2.24, 2.45) is 11.8 Å². The summed E-state index contributed by atoms with van der Waals surface area (Å²) in [4.78, 5) is 26.4. The fourth-order valence-corrected chi connectivity index (χ4v) is 4.96. The number of hydrogen-bond acceptors (Lipinski definition) is 6. The van der Waals surface area contributed by atoms with Gasteiger partial charge in [-0.3, -0.25) is 9.59 Å². The first kappa shape index (κ1) is 22.6. The molecule has 1 aliphatic rings. The zero-order chi connectivity index (χ0) is 23.7. The molecule has 0 heterocycles. The summed E-state index contributed by atoms with van der Waals surface area (Å²) in [6.07, 6.45) is 0. The van der Waals surface area contributed by atoms with Crippen LogP contribution in [0.1, 0.15) is 27.4 Å². The molecule has 0 bridgehead atoms. The zero-order valence-electron chi connectivity index (χ0n) is 19.0. The van der Waals surface area contributed by atoms with Gasteiger partial charge in [0, 0.05) is 18.6 Å². The van der Waals surface area contributed by atoms with Crippen molar-refractivity contribution in [3.05, 3.63) is 65.2 Å². The molecule has 3 aromatic carbocycles. The van der Waals surface area contributed by atoms with Crippen LogP contribution in [0.4, 0.5) is 0 Å². The van der Waals surface area contributed by atoms with E-state index in [1.807, 2.05) is 30.3 Å². The number of hydrogen-bond donors (Lipinski definition) is 1. The summed E-state index contributed by atoms with van der Waals surface area (Å²) in [6.45, 7) is -0.0128. The van der Waals surface area contributed by atoms with Crippen molar-refractivity contribution in [2.75, 3.05) is 35.0 Å². The Morgan fingerprint density at radius 3 is 2.12 bits per heavy atom. The third-order valence-electron chi connectivity index (χ3n) is 6.34. The van der Waals surface area contributed by atoms with E-state index in [1.54, 1.807) is 18.2 Å². The summed E-state index contributed by atoms with van der Waals surface area (Å²) in [5, 5.41) is 12.0. The molecule has 4 rings (SSSR count). The van der Waals surface area contributed by atoms with Crippen LogP contribution in [0.2, 0.25) is 0 Å². The quantitative estimate of drug-likeness (QED) is 0.578. The predicted octanol–water partition coefficient (Wildman–Crippen LogP) is 4.16. The average molecular weight is 450 g/mol. The molecule has 172 valence electrons. The number of carbonyl (C=O) groups excluding carboxylic acids is 1. The van der Waals surface area contributed by atoms with Crippen molar-refractivity contribution < 1.29 is 33.6 Å². The number of ketones is 1. The van der Waals surface area contributed by atoms with E-state index in [-0.39, 0.29) is 12.4 Å². The van der Waals surface area contributed by atoms with Crippen molar-refractivity contribution in [1.82, 2.24) is 0 Å². The van der Waals surface area contributed by atoms with Crippen molar-refractivity contribution in [3.63, 3.8) is 0 Å². The molecule has 33 heavy (non-hydrogen) atoms. The maximum Gasteiger partial charge on any atom is 0.308 e. The zero-order valence-corrected chi connectivity index (χ0v) is 19.0. The average Bonchev–Trinajstić information content (AvgIpc) is 2.93. The van der Waals surface area contributed by atoms with Crippen molar-refractivity contribution in [3.8, 4) is 17.2 Å². The third kappa shape index (κ3) is 3.68. The topological polar surface area (TPSA) is 91.3 Å². The van der Waals surface area contributed by atoms with E-state index in [2.05, 4.69) is 0 Å². The number of rotatable bonds is 7. The molecule has 7 nitrogen and oxygen atoms in total. The van der Waals surface area contributed by atoms with Crippen LogP contribution in [0.3, 0.4) is 0 Å². The highest BCUT2D eigenvalue weighted by atomic mass is 16.5. The van der Waals surface area contributed by atoms with Crippen LogP contribution in [0.15, 0.2) is 48.5 Å². The summed E-state index contributed by atoms with van der Waals surface area (Å²) in [7, 11) is 6.00. The largest absolute Gasteiger partial charge is 0.493 e. The minimum atomic E-state index is -1.08. The second kappa shape index (κ2) is 9.11. The molecule has 0 spiro atoms. The summed E-state index contributed by atoms with van der Waals surface area (Å²) >= 11 is 0. The molecule has 7 heteroatoms. The lowest BCUT2D eigenvalue weighted by Gasteiger charge is -2.29. The van der Waals surface area contributed by atoms with E-state index in [9.17, 15) is 14.7 Å². The first-order chi connectivity index (χ1) is 16.0. The van der Waals surface area contributed by atoms with Crippen LogP contribution in [-0.2, 0) is 9.53 Å². The molecule has 0 unspecified atom stereocenters. The third-order valence-corrected chi connectivity index (χ3v) is 6.34. The van der Waals surface area contributed by atoms with E-state index in [0.717, 1.165) is 16.3 Å². The highest BCUT2D eigenvalue weighted by Crippen LogP contribution is 2.48. The Hall–Kier alpha value is -3.58. The van der Waals surface area contributed by atoms with Crippen molar-refractivity contribution in [2.45, 2.75) is 5.92 Å². The first-order valence-electron chi connectivity index (χ1n) is 10.5. The number of ether oxygens (including phenoxy) is 4. The monoisotopic (exact) mass is 450 g/mol. The van der Waals surface area contributed by atoms with Gasteiger partial charge < -0.3 is 24.1 Å². The molecular weight excluding hydrogens is 424 g/mol. The van der Waals surface area contributed by atoms with E-state index in [1.165, 1.54) is 28.4 Å². The van der Waals surface area contributed by atoms with Crippen LogP contribution in [0.5, 0.6) is 17.2 Å².